The molecule has 0 spiro atoms. The molecule has 10 nitrogen and oxygen atoms in total. The van der Waals surface area contributed by atoms with Crippen LogP contribution >= 0.6 is 11.6 Å². The third-order valence-electron chi connectivity index (χ3n) is 7.13. The summed E-state index contributed by atoms with van der Waals surface area (Å²) in [5.41, 5.74) is 5.18. The smallest absolute Gasteiger partial charge is 0.278 e. The maximum absolute atomic E-state index is 13.3. The number of aliphatic hydroxyl groups is 1. The number of hydrogen-bond donors (Lipinski definition) is 1. The molecule has 12 heteroatoms. The second-order valence-electron chi connectivity index (χ2n) is 10.2. The van der Waals surface area contributed by atoms with Crippen LogP contribution in [0.15, 0.2) is 82.6 Å². The van der Waals surface area contributed by atoms with Crippen molar-refractivity contribution < 1.29 is 14.2 Å². The van der Waals surface area contributed by atoms with Crippen LogP contribution in [-0.4, -0.2) is 54.5 Å². The zero-order chi connectivity index (χ0) is 32.1. The molecule has 6 rings (SSSR count). The first-order valence-electron chi connectivity index (χ1n) is 14.1. The highest BCUT2D eigenvalue weighted by Gasteiger charge is 2.16. The highest BCUT2D eigenvalue weighted by molar-refractivity contribution is 6.30. The molecule has 0 amide bonds. The average molecular weight is 629 g/mol. The van der Waals surface area contributed by atoms with Crippen molar-refractivity contribution in [3.05, 3.63) is 116 Å². The number of fused-ring (bicyclic) bond motifs is 2. The fourth-order valence-corrected chi connectivity index (χ4v) is 5.21. The predicted octanol–water partition coefficient (Wildman–Crippen LogP) is 4.97. The molecule has 0 aliphatic rings. The minimum Gasteiger partial charge on any atom is -0.395 e. The highest BCUT2D eigenvalue weighted by Crippen LogP contribution is 2.24. The number of hydrogen-bond acceptors (Lipinski definition) is 8. The molecule has 45 heavy (non-hydrogen) atoms. The van der Waals surface area contributed by atoms with Gasteiger partial charge in [0.05, 0.1) is 26.3 Å². The van der Waals surface area contributed by atoms with Crippen molar-refractivity contribution in [2.45, 2.75) is 26.9 Å². The molecule has 0 aliphatic heterocycles. The van der Waals surface area contributed by atoms with E-state index < -0.39 is 0 Å². The minimum atomic E-state index is -0.362. The van der Waals surface area contributed by atoms with Crippen LogP contribution in [0.2, 0.25) is 5.02 Å². The van der Waals surface area contributed by atoms with Crippen LogP contribution in [-0.2, 0) is 17.8 Å². The molecule has 0 saturated carbocycles. The number of pyridine rings is 2. The first-order chi connectivity index (χ1) is 21.7. The monoisotopic (exact) mass is 628 g/mol. The first-order valence-corrected chi connectivity index (χ1v) is 14.4. The first kappa shape index (κ1) is 31.6. The topological polar surface area (TPSA) is 125 Å². The van der Waals surface area contributed by atoms with Crippen molar-refractivity contribution >= 4 is 33.9 Å². The lowest BCUT2D eigenvalue weighted by Gasteiger charge is -2.12. The largest absolute Gasteiger partial charge is 0.395 e. The van der Waals surface area contributed by atoms with E-state index in [9.17, 15) is 19.1 Å². The third-order valence-corrected chi connectivity index (χ3v) is 7.37. The highest BCUT2D eigenvalue weighted by atomic mass is 35.5. The van der Waals surface area contributed by atoms with Gasteiger partial charge >= 0.3 is 0 Å². The zero-order valence-corrected chi connectivity index (χ0v) is 25.6. The molecular weight excluding hydrogens is 599 g/mol. The molecule has 230 valence electrons. The number of ether oxygens (including phenoxy) is 1. The Kier molecular flexibility index (Phi) is 9.72. The van der Waals surface area contributed by atoms with E-state index in [1.54, 1.807) is 61.3 Å². The molecule has 2 aromatic carbocycles. The van der Waals surface area contributed by atoms with E-state index >= 15 is 0 Å². The van der Waals surface area contributed by atoms with Crippen molar-refractivity contribution in [3.63, 3.8) is 0 Å². The van der Waals surface area contributed by atoms with Crippen molar-refractivity contribution in [2.24, 2.45) is 0 Å². The second kappa shape index (κ2) is 13.9. The van der Waals surface area contributed by atoms with Gasteiger partial charge in [-0.1, -0.05) is 17.7 Å². The van der Waals surface area contributed by atoms with Gasteiger partial charge in [0.25, 0.3) is 11.1 Å². The number of aliphatic hydroxyl groups excluding tert-OH is 1. The summed E-state index contributed by atoms with van der Waals surface area (Å²) in [4.78, 5) is 42.9. The summed E-state index contributed by atoms with van der Waals surface area (Å²) in [7, 11) is 1.60. The number of rotatable bonds is 7. The lowest BCUT2D eigenvalue weighted by atomic mass is 10.1. The summed E-state index contributed by atoms with van der Waals surface area (Å²) in [5, 5.41) is 9.83. The molecule has 1 N–H and O–H groups in total. The van der Waals surface area contributed by atoms with E-state index in [1.807, 2.05) is 25.1 Å². The van der Waals surface area contributed by atoms with Crippen molar-refractivity contribution in [1.82, 2.24) is 29.1 Å². The van der Waals surface area contributed by atoms with Gasteiger partial charge in [-0.05, 0) is 79.6 Å². The second-order valence-corrected chi connectivity index (χ2v) is 10.6. The average Bonchev–Trinajstić information content (AvgIpc) is 3.02. The van der Waals surface area contributed by atoms with Crippen LogP contribution < -0.4 is 11.1 Å². The molecular formula is C33H30ClFN6O4. The standard InChI is InChI=1S/C17H16ClN3O2.C16H14FN3O2/c1-11-10-12(18)5-6-13(11)15-17(22)21(8-9-23-2)16-14(20-15)4-3-7-19-16;1-10-9-11(17)4-5-12(10)14-16(22)20(7-8-21)15-13(19-14)3-2-6-18-15/h3-7,10H,8-9H2,1-2H3;2-6,9,21H,7-8H2,1H3. The van der Waals surface area contributed by atoms with Gasteiger partial charge in [-0.15, -0.1) is 0 Å². The number of aromatic nitrogens is 6. The predicted molar refractivity (Wildman–Crippen MR) is 172 cm³/mol. The summed E-state index contributed by atoms with van der Waals surface area (Å²) in [6.45, 7) is 4.43. The maximum atomic E-state index is 13.3. The molecule has 0 unspecified atom stereocenters. The Morgan fingerprint density at radius 2 is 1.33 bits per heavy atom. The fraction of sp³-hybridized carbons (Fsp3) is 0.212. The lowest BCUT2D eigenvalue weighted by molar-refractivity contribution is 0.187. The van der Waals surface area contributed by atoms with Gasteiger partial charge in [0.1, 0.15) is 28.2 Å². The Morgan fingerprint density at radius 1 is 0.800 bits per heavy atom. The zero-order valence-electron chi connectivity index (χ0n) is 24.9. The van der Waals surface area contributed by atoms with Crippen molar-refractivity contribution in [3.8, 4) is 22.5 Å². The van der Waals surface area contributed by atoms with E-state index in [0.717, 1.165) is 11.1 Å². The Labute approximate surface area is 262 Å². The van der Waals surface area contributed by atoms with Crippen molar-refractivity contribution in [2.75, 3.05) is 20.3 Å². The van der Waals surface area contributed by atoms with Gasteiger partial charge in [0.15, 0.2) is 11.3 Å². The van der Waals surface area contributed by atoms with Crippen LogP contribution in [0.4, 0.5) is 4.39 Å². The normalized spacial score (nSPS) is 11.1. The fourth-order valence-electron chi connectivity index (χ4n) is 4.99. The van der Waals surface area contributed by atoms with E-state index in [1.165, 1.54) is 16.7 Å². The van der Waals surface area contributed by atoms with Gasteiger partial charge in [-0.25, -0.2) is 24.3 Å². The maximum Gasteiger partial charge on any atom is 0.278 e. The van der Waals surface area contributed by atoms with E-state index in [0.29, 0.717) is 57.3 Å². The molecule has 0 fully saturated rings. The summed E-state index contributed by atoms with van der Waals surface area (Å²) in [6.07, 6.45) is 3.22. The molecule has 4 heterocycles. The Hall–Kier alpha value is -4.84. The molecule has 0 aliphatic carbocycles. The summed E-state index contributed by atoms with van der Waals surface area (Å²) >= 11 is 6.01. The Bertz CT molecular complexity index is 2130. The molecule has 0 bridgehead atoms. The van der Waals surface area contributed by atoms with Gasteiger partial charge in [0, 0.05) is 35.7 Å². The van der Waals surface area contributed by atoms with Crippen LogP contribution in [0.25, 0.3) is 44.8 Å². The van der Waals surface area contributed by atoms with Crippen molar-refractivity contribution in [1.29, 1.82) is 0 Å². The summed E-state index contributed by atoms with van der Waals surface area (Å²) in [6, 6.07) is 16.7. The number of nitrogens with zero attached hydrogens (tertiary/aromatic N) is 6. The lowest BCUT2D eigenvalue weighted by Crippen LogP contribution is -2.26. The van der Waals surface area contributed by atoms with Crippen LogP contribution in [0.3, 0.4) is 0 Å². The van der Waals surface area contributed by atoms with Gasteiger partial charge < -0.3 is 9.84 Å². The van der Waals surface area contributed by atoms with E-state index in [4.69, 9.17) is 16.3 Å². The van der Waals surface area contributed by atoms with E-state index in [-0.39, 0.29) is 35.8 Å². The van der Waals surface area contributed by atoms with Crippen LogP contribution in [0.1, 0.15) is 11.1 Å². The van der Waals surface area contributed by atoms with Crippen LogP contribution in [0, 0.1) is 19.7 Å². The SMILES string of the molecule is COCCn1c(=O)c(-c2ccc(Cl)cc2C)nc2cccnc21.Cc1cc(F)ccc1-c1nc2cccnc2n(CCO)c1=O. The molecule has 0 radical (unpaired) electrons. The van der Waals surface area contributed by atoms with Gasteiger partial charge in [-0.2, -0.15) is 0 Å². The Morgan fingerprint density at radius 3 is 1.84 bits per heavy atom. The number of benzene rings is 2. The van der Waals surface area contributed by atoms with Gasteiger partial charge in [0.2, 0.25) is 0 Å². The number of aryl methyl sites for hydroxylation is 2. The quantitative estimate of drug-likeness (QED) is 0.263. The minimum absolute atomic E-state index is 0.127. The van der Waals surface area contributed by atoms with Gasteiger partial charge in [-0.3, -0.25) is 18.7 Å². The van der Waals surface area contributed by atoms with E-state index in [2.05, 4.69) is 19.9 Å². The summed E-state index contributed by atoms with van der Waals surface area (Å²) in [5.74, 6) is -0.362. The molecule has 0 saturated heterocycles. The molecule has 6 aromatic rings. The molecule has 0 atom stereocenters. The molecule has 4 aromatic heterocycles. The Balaban J connectivity index is 0.000000178. The number of methoxy groups -OCH3 is 1. The third kappa shape index (κ3) is 6.65. The number of halogens is 2. The van der Waals surface area contributed by atoms with Crippen LogP contribution in [0.5, 0.6) is 0 Å². The summed E-state index contributed by atoms with van der Waals surface area (Å²) < 4.78 is 21.4.